The molecule has 4 rings (SSSR count). The van der Waals surface area contributed by atoms with Gasteiger partial charge in [0.1, 0.15) is 0 Å². The lowest BCUT2D eigenvalue weighted by atomic mass is 10.1. The SMILES string of the molecule is Cc1ccc(C(=O)Nc2ccccc2-c2nc(-c3ccncc3)no2)cc1[N+](=O)[O-]. The lowest BCUT2D eigenvalue weighted by Crippen LogP contribution is -2.13. The third kappa shape index (κ3) is 3.76. The normalized spacial score (nSPS) is 10.6. The third-order valence-electron chi connectivity index (χ3n) is 4.44. The monoisotopic (exact) mass is 401 g/mol. The molecular formula is C21H15N5O4. The van der Waals surface area contributed by atoms with Crippen molar-refractivity contribution in [3.8, 4) is 22.8 Å². The van der Waals surface area contributed by atoms with Gasteiger partial charge in [-0.1, -0.05) is 23.4 Å². The Labute approximate surface area is 170 Å². The van der Waals surface area contributed by atoms with Gasteiger partial charge in [-0.05, 0) is 37.3 Å². The number of amides is 1. The molecule has 0 aliphatic rings. The predicted molar refractivity (Wildman–Crippen MR) is 109 cm³/mol. The number of hydrogen-bond acceptors (Lipinski definition) is 7. The zero-order valence-electron chi connectivity index (χ0n) is 15.8. The van der Waals surface area contributed by atoms with E-state index in [1.54, 1.807) is 55.7 Å². The van der Waals surface area contributed by atoms with E-state index in [4.69, 9.17) is 4.52 Å². The van der Waals surface area contributed by atoms with Crippen LogP contribution >= 0.6 is 0 Å². The van der Waals surface area contributed by atoms with Gasteiger partial charge in [-0.3, -0.25) is 19.9 Å². The molecule has 2 heterocycles. The van der Waals surface area contributed by atoms with Crippen molar-refractivity contribution in [1.82, 2.24) is 15.1 Å². The number of para-hydroxylation sites is 1. The molecule has 0 spiro atoms. The Kier molecular flexibility index (Phi) is 5.00. The van der Waals surface area contributed by atoms with Crippen LogP contribution in [0.3, 0.4) is 0 Å². The van der Waals surface area contributed by atoms with Crippen LogP contribution < -0.4 is 5.32 Å². The van der Waals surface area contributed by atoms with Crippen LogP contribution in [0.25, 0.3) is 22.8 Å². The van der Waals surface area contributed by atoms with Gasteiger partial charge in [0, 0.05) is 35.2 Å². The van der Waals surface area contributed by atoms with E-state index in [1.807, 2.05) is 0 Å². The number of nitro benzene ring substituents is 1. The minimum absolute atomic E-state index is 0.116. The number of nitrogens with one attached hydrogen (secondary N) is 1. The van der Waals surface area contributed by atoms with Gasteiger partial charge in [-0.15, -0.1) is 0 Å². The van der Waals surface area contributed by atoms with Gasteiger partial charge < -0.3 is 9.84 Å². The molecule has 9 nitrogen and oxygen atoms in total. The first-order valence-electron chi connectivity index (χ1n) is 8.93. The van der Waals surface area contributed by atoms with E-state index in [9.17, 15) is 14.9 Å². The molecule has 2 aromatic heterocycles. The maximum atomic E-state index is 12.7. The third-order valence-corrected chi connectivity index (χ3v) is 4.44. The summed E-state index contributed by atoms with van der Waals surface area (Å²) in [5.41, 5.74) is 2.25. The first-order valence-corrected chi connectivity index (χ1v) is 8.93. The molecule has 0 unspecified atom stereocenters. The van der Waals surface area contributed by atoms with Crippen molar-refractivity contribution in [3.63, 3.8) is 0 Å². The fourth-order valence-corrected chi connectivity index (χ4v) is 2.87. The van der Waals surface area contributed by atoms with Crippen LogP contribution in [-0.2, 0) is 0 Å². The van der Waals surface area contributed by atoms with Crippen LogP contribution in [0.5, 0.6) is 0 Å². The summed E-state index contributed by atoms with van der Waals surface area (Å²) in [4.78, 5) is 31.7. The molecule has 0 saturated carbocycles. The largest absolute Gasteiger partial charge is 0.334 e. The molecule has 2 aromatic carbocycles. The van der Waals surface area contributed by atoms with Crippen LogP contribution in [0.4, 0.5) is 11.4 Å². The predicted octanol–water partition coefficient (Wildman–Crippen LogP) is 4.27. The number of rotatable bonds is 5. The van der Waals surface area contributed by atoms with Gasteiger partial charge in [-0.2, -0.15) is 4.98 Å². The van der Waals surface area contributed by atoms with Crippen molar-refractivity contribution < 1.29 is 14.2 Å². The summed E-state index contributed by atoms with van der Waals surface area (Å²) in [7, 11) is 0. The maximum absolute atomic E-state index is 12.7. The average Bonchev–Trinajstić information content (AvgIpc) is 3.25. The van der Waals surface area contributed by atoms with Crippen molar-refractivity contribution >= 4 is 17.3 Å². The Morgan fingerprint density at radius 2 is 1.87 bits per heavy atom. The van der Waals surface area contributed by atoms with Crippen molar-refractivity contribution in [3.05, 3.63) is 88.2 Å². The summed E-state index contributed by atoms with van der Waals surface area (Å²) >= 11 is 0. The second kappa shape index (κ2) is 7.92. The van der Waals surface area contributed by atoms with Gasteiger partial charge >= 0.3 is 0 Å². The first-order chi connectivity index (χ1) is 14.5. The van der Waals surface area contributed by atoms with Crippen molar-refractivity contribution in [2.75, 3.05) is 5.32 Å². The van der Waals surface area contributed by atoms with Gasteiger partial charge in [-0.25, -0.2) is 0 Å². The highest BCUT2D eigenvalue weighted by Gasteiger charge is 2.18. The summed E-state index contributed by atoms with van der Waals surface area (Å²) in [5, 5.41) is 17.9. The molecular weight excluding hydrogens is 386 g/mol. The molecule has 9 heteroatoms. The highest BCUT2D eigenvalue weighted by molar-refractivity contribution is 6.06. The summed E-state index contributed by atoms with van der Waals surface area (Å²) in [5.74, 6) is 0.134. The lowest BCUT2D eigenvalue weighted by Gasteiger charge is -2.09. The molecule has 0 fully saturated rings. The molecule has 4 aromatic rings. The molecule has 0 saturated heterocycles. The maximum Gasteiger partial charge on any atom is 0.273 e. The minimum Gasteiger partial charge on any atom is -0.334 e. The Morgan fingerprint density at radius 1 is 1.10 bits per heavy atom. The second-order valence-electron chi connectivity index (χ2n) is 6.42. The number of benzene rings is 2. The topological polar surface area (TPSA) is 124 Å². The molecule has 1 N–H and O–H groups in total. The molecule has 1 amide bonds. The molecule has 0 atom stereocenters. The Hall–Kier alpha value is -4.40. The van der Waals surface area contributed by atoms with E-state index in [2.05, 4.69) is 20.4 Å². The van der Waals surface area contributed by atoms with E-state index in [0.717, 1.165) is 5.56 Å². The number of aromatic nitrogens is 3. The number of hydrogen-bond donors (Lipinski definition) is 1. The first kappa shape index (κ1) is 18.9. The number of aryl methyl sites for hydroxylation is 1. The summed E-state index contributed by atoms with van der Waals surface area (Å²) in [6.45, 7) is 1.62. The minimum atomic E-state index is -0.515. The Bertz CT molecular complexity index is 1240. The average molecular weight is 401 g/mol. The Balaban J connectivity index is 1.63. The molecule has 0 aliphatic carbocycles. The van der Waals surface area contributed by atoms with Crippen molar-refractivity contribution in [1.29, 1.82) is 0 Å². The highest BCUT2D eigenvalue weighted by atomic mass is 16.6. The van der Waals surface area contributed by atoms with Crippen LogP contribution in [-0.4, -0.2) is 26.0 Å². The summed E-state index contributed by atoms with van der Waals surface area (Å²) in [6.07, 6.45) is 3.25. The number of pyridine rings is 1. The van der Waals surface area contributed by atoms with Gasteiger partial charge in [0.25, 0.3) is 17.5 Å². The van der Waals surface area contributed by atoms with E-state index < -0.39 is 10.8 Å². The zero-order valence-corrected chi connectivity index (χ0v) is 15.8. The smallest absolute Gasteiger partial charge is 0.273 e. The number of nitro groups is 1. The summed E-state index contributed by atoms with van der Waals surface area (Å²) < 4.78 is 5.38. The summed E-state index contributed by atoms with van der Waals surface area (Å²) in [6, 6.07) is 14.8. The number of carbonyl (C=O) groups excluding carboxylic acids is 1. The number of nitrogens with zero attached hydrogens (tertiary/aromatic N) is 4. The molecule has 0 bridgehead atoms. The zero-order chi connectivity index (χ0) is 21.1. The van der Waals surface area contributed by atoms with E-state index in [0.29, 0.717) is 22.6 Å². The Morgan fingerprint density at radius 3 is 2.63 bits per heavy atom. The lowest BCUT2D eigenvalue weighted by molar-refractivity contribution is -0.385. The molecule has 0 aliphatic heterocycles. The fourth-order valence-electron chi connectivity index (χ4n) is 2.87. The molecule has 148 valence electrons. The van der Waals surface area contributed by atoms with Gasteiger partial charge in [0.2, 0.25) is 5.82 Å². The van der Waals surface area contributed by atoms with Crippen LogP contribution in [0, 0.1) is 17.0 Å². The number of anilines is 1. The van der Waals surface area contributed by atoms with Crippen LogP contribution in [0.15, 0.2) is 71.5 Å². The number of carbonyl (C=O) groups is 1. The standard InChI is InChI=1S/C21H15N5O4/c1-13-6-7-15(12-18(13)26(28)29)20(27)23-17-5-3-2-4-16(17)21-24-19(25-30-21)14-8-10-22-11-9-14/h2-12H,1H3,(H,23,27). The van der Waals surface area contributed by atoms with E-state index in [1.165, 1.54) is 18.2 Å². The van der Waals surface area contributed by atoms with Gasteiger partial charge in [0.05, 0.1) is 16.2 Å². The molecule has 30 heavy (non-hydrogen) atoms. The fraction of sp³-hybridized carbons (Fsp3) is 0.0476. The molecule has 0 radical (unpaired) electrons. The van der Waals surface area contributed by atoms with Crippen molar-refractivity contribution in [2.45, 2.75) is 6.92 Å². The van der Waals surface area contributed by atoms with Crippen LogP contribution in [0.2, 0.25) is 0 Å². The quantitative estimate of drug-likeness (QED) is 0.391. The second-order valence-corrected chi connectivity index (χ2v) is 6.42. The van der Waals surface area contributed by atoms with E-state index >= 15 is 0 Å². The van der Waals surface area contributed by atoms with Crippen molar-refractivity contribution in [2.24, 2.45) is 0 Å². The van der Waals surface area contributed by atoms with Crippen LogP contribution in [0.1, 0.15) is 15.9 Å². The van der Waals surface area contributed by atoms with Gasteiger partial charge in [0.15, 0.2) is 0 Å². The highest BCUT2D eigenvalue weighted by Crippen LogP contribution is 2.29. The van der Waals surface area contributed by atoms with E-state index in [-0.39, 0.29) is 17.1 Å².